The average molecular weight is 725 g/mol. The van der Waals surface area contributed by atoms with Gasteiger partial charge in [-0.25, -0.2) is 8.78 Å². The van der Waals surface area contributed by atoms with Gasteiger partial charge in [-0.05, 0) is 72.9 Å². The van der Waals surface area contributed by atoms with Crippen LogP contribution in [0.15, 0.2) is 77.2 Å². The lowest BCUT2D eigenvalue weighted by Crippen LogP contribution is -2.48. The summed E-state index contributed by atoms with van der Waals surface area (Å²) in [6.45, 7) is 0. The second-order valence-corrected chi connectivity index (χ2v) is 12.3. The Hall–Kier alpha value is -6.06. The van der Waals surface area contributed by atoms with E-state index in [4.69, 9.17) is 14.4 Å². The molecule has 2 unspecified atom stereocenters. The number of anilines is 2. The summed E-state index contributed by atoms with van der Waals surface area (Å²) < 4.78 is 79.7. The van der Waals surface area contributed by atoms with Crippen molar-refractivity contribution in [2.75, 3.05) is 17.7 Å². The number of benzene rings is 3. The summed E-state index contributed by atoms with van der Waals surface area (Å²) >= 11 is 0. The van der Waals surface area contributed by atoms with Crippen LogP contribution in [0.2, 0.25) is 0 Å². The van der Waals surface area contributed by atoms with Crippen molar-refractivity contribution in [3.63, 3.8) is 0 Å². The topological polar surface area (TPSA) is 160 Å². The lowest BCUT2D eigenvalue weighted by atomic mass is 9.83. The zero-order valence-corrected chi connectivity index (χ0v) is 27.1. The van der Waals surface area contributed by atoms with Crippen molar-refractivity contribution in [3.05, 3.63) is 101 Å². The first-order valence-electron chi connectivity index (χ1n) is 15.8. The monoisotopic (exact) mass is 724 g/mol. The third-order valence-corrected chi connectivity index (χ3v) is 9.14. The predicted molar refractivity (Wildman–Crippen MR) is 175 cm³/mol. The van der Waals surface area contributed by atoms with Crippen LogP contribution in [0.4, 0.5) is 33.3 Å². The maximum absolute atomic E-state index is 15.1. The number of aliphatic carboxylic acids is 1. The second-order valence-electron chi connectivity index (χ2n) is 12.3. The normalized spacial score (nSPS) is 20.1. The molecule has 270 valence electrons. The number of ether oxygens (including phenoxy) is 1. The number of carbonyl (C=O) groups is 4. The summed E-state index contributed by atoms with van der Waals surface area (Å²) in [5.41, 5.74) is -0.196. The Morgan fingerprint density at radius 1 is 0.962 bits per heavy atom. The van der Waals surface area contributed by atoms with Crippen LogP contribution in [0.1, 0.15) is 40.7 Å². The van der Waals surface area contributed by atoms with Gasteiger partial charge in [0.15, 0.2) is 0 Å². The molecule has 1 heterocycles. The van der Waals surface area contributed by atoms with E-state index in [0.717, 1.165) is 17.7 Å². The molecule has 52 heavy (non-hydrogen) atoms. The van der Waals surface area contributed by atoms with Gasteiger partial charge in [0.05, 0.1) is 30.4 Å². The highest BCUT2D eigenvalue weighted by molar-refractivity contribution is 6.02. The third-order valence-electron chi connectivity index (χ3n) is 9.14. The molecule has 11 nitrogen and oxygen atoms in total. The van der Waals surface area contributed by atoms with E-state index in [1.165, 1.54) is 49.9 Å². The molecule has 4 aromatic rings. The minimum absolute atomic E-state index is 0.0292. The number of carboxylic acids is 1. The van der Waals surface area contributed by atoms with E-state index in [0.29, 0.717) is 30.5 Å². The Bertz CT molecular complexity index is 2080. The molecule has 2 fully saturated rings. The maximum atomic E-state index is 15.1. The number of amides is 3. The number of hydrogen-bond acceptors (Lipinski definition) is 7. The molecule has 2 aliphatic rings. The number of alkyl halides is 3. The van der Waals surface area contributed by atoms with Crippen LogP contribution in [0.25, 0.3) is 17.2 Å². The summed E-state index contributed by atoms with van der Waals surface area (Å²) in [6, 6.07) is 9.10. The van der Waals surface area contributed by atoms with Gasteiger partial charge in [-0.2, -0.15) is 13.2 Å². The fraction of sp³-hybridized carbons (Fsp3) is 0.250. The Morgan fingerprint density at radius 3 is 2.35 bits per heavy atom. The van der Waals surface area contributed by atoms with E-state index in [-0.39, 0.29) is 39.7 Å². The number of halogens is 5. The number of carbonyl (C=O) groups excluding carboxylic acids is 3. The molecule has 2 aliphatic carbocycles. The highest BCUT2D eigenvalue weighted by Crippen LogP contribution is 2.53. The third kappa shape index (κ3) is 7.36. The number of carboxylic acid groups (broad SMARTS) is 1. The molecular formula is C36H29F5N4O7. The number of nitrogens with zero attached hydrogens (tertiary/aromatic N) is 1. The molecule has 0 radical (unpaired) electrons. The second kappa shape index (κ2) is 14.3. The highest BCUT2D eigenvalue weighted by atomic mass is 19.4. The minimum atomic E-state index is -5.01. The molecule has 0 saturated heterocycles. The molecule has 2 bridgehead atoms. The van der Waals surface area contributed by atoms with Gasteiger partial charge in [-0.15, -0.1) is 0 Å². The van der Waals surface area contributed by atoms with Crippen molar-refractivity contribution in [2.45, 2.75) is 31.5 Å². The lowest BCUT2D eigenvalue weighted by molar-refractivity contribution is -0.141. The van der Waals surface area contributed by atoms with Crippen molar-refractivity contribution in [1.29, 1.82) is 0 Å². The van der Waals surface area contributed by atoms with Gasteiger partial charge in [0.2, 0.25) is 11.8 Å². The molecule has 3 aromatic carbocycles. The van der Waals surface area contributed by atoms with Crippen LogP contribution in [0.3, 0.4) is 0 Å². The standard InChI is InChI=1S/C36H29F5N4O7/c1-51-29-9-2-18(23-12-19(3-7-27(23)37)43-30(46)14-31(47)48)11-25(29)34(49)45-33-22-6-5-21(24(22)10-17-15-42-52-16-17)32(33)35(50)44-20-4-8-28(38)26(13-20)36(39,40)41/h2-4,7-13,15-16,21-22,32-33H,5-6,14H2,1H3,(H,43,46)(H,44,50)(H,45,49)(H,47,48)/b24-10-/t21?,22?,32-,33+/m0/s1. The van der Waals surface area contributed by atoms with Gasteiger partial charge in [0.25, 0.3) is 5.91 Å². The fourth-order valence-corrected chi connectivity index (χ4v) is 6.96. The number of rotatable bonds is 10. The van der Waals surface area contributed by atoms with Gasteiger partial charge in [0, 0.05) is 34.5 Å². The average Bonchev–Trinajstić information content (AvgIpc) is 3.82. The molecule has 6 rings (SSSR count). The fourth-order valence-electron chi connectivity index (χ4n) is 6.96. The maximum Gasteiger partial charge on any atom is 0.419 e. The molecule has 4 N–H and O–H groups in total. The number of aromatic nitrogens is 1. The van der Waals surface area contributed by atoms with E-state index >= 15 is 4.39 Å². The van der Waals surface area contributed by atoms with Gasteiger partial charge in [-0.1, -0.05) is 22.9 Å². The Kier molecular flexibility index (Phi) is 9.82. The van der Waals surface area contributed by atoms with Crippen molar-refractivity contribution in [1.82, 2.24) is 10.5 Å². The minimum Gasteiger partial charge on any atom is -0.496 e. The molecule has 16 heteroatoms. The molecule has 3 amide bonds. The molecule has 0 spiro atoms. The van der Waals surface area contributed by atoms with E-state index in [9.17, 15) is 36.7 Å². The molecule has 4 atom stereocenters. The summed E-state index contributed by atoms with van der Waals surface area (Å²) in [6.07, 6.45) is -0.0736. The Balaban J connectivity index is 1.32. The number of fused-ring (bicyclic) bond motifs is 2. The van der Waals surface area contributed by atoms with Gasteiger partial charge in [-0.3, -0.25) is 19.2 Å². The van der Waals surface area contributed by atoms with Crippen LogP contribution in [-0.2, 0) is 20.6 Å². The van der Waals surface area contributed by atoms with Gasteiger partial charge >= 0.3 is 12.1 Å². The molecular weight excluding hydrogens is 695 g/mol. The lowest BCUT2D eigenvalue weighted by Gasteiger charge is -2.30. The quantitative estimate of drug-likeness (QED) is 0.106. The van der Waals surface area contributed by atoms with Crippen molar-refractivity contribution < 1.29 is 55.5 Å². The van der Waals surface area contributed by atoms with E-state index in [1.807, 2.05) is 0 Å². The molecule has 2 saturated carbocycles. The zero-order valence-electron chi connectivity index (χ0n) is 27.1. The molecule has 1 aromatic heterocycles. The van der Waals surface area contributed by atoms with Crippen LogP contribution in [0, 0.1) is 29.4 Å². The summed E-state index contributed by atoms with van der Waals surface area (Å²) in [7, 11) is 1.32. The van der Waals surface area contributed by atoms with Gasteiger partial charge < -0.3 is 30.3 Å². The molecule has 0 aliphatic heterocycles. The first-order chi connectivity index (χ1) is 24.7. The van der Waals surface area contributed by atoms with Crippen molar-refractivity contribution in [2.24, 2.45) is 17.8 Å². The van der Waals surface area contributed by atoms with Crippen molar-refractivity contribution in [3.8, 4) is 16.9 Å². The van der Waals surface area contributed by atoms with Crippen LogP contribution in [0.5, 0.6) is 5.75 Å². The Morgan fingerprint density at radius 2 is 1.67 bits per heavy atom. The predicted octanol–water partition coefficient (Wildman–Crippen LogP) is 6.54. The van der Waals surface area contributed by atoms with Crippen LogP contribution in [-0.4, -0.2) is 47.1 Å². The summed E-state index contributed by atoms with van der Waals surface area (Å²) in [5, 5.41) is 20.4. The van der Waals surface area contributed by atoms with E-state index in [1.54, 1.807) is 6.08 Å². The summed E-state index contributed by atoms with van der Waals surface area (Å²) in [4.78, 5) is 50.8. The van der Waals surface area contributed by atoms with Crippen LogP contribution < -0.4 is 20.7 Å². The SMILES string of the molecule is COc1ccc(-c2cc(NC(=O)CC(=O)O)ccc2F)cc1C(=O)N[C@@H]1C2CCC(/C2=C/c2cnoc2)[C@@H]1C(=O)Nc1ccc(F)c(C(F)(F)F)c1. The smallest absolute Gasteiger partial charge is 0.419 e. The number of nitrogens with one attached hydrogen (secondary N) is 3. The first kappa shape index (κ1) is 35.8. The zero-order chi connectivity index (χ0) is 37.3. The summed E-state index contributed by atoms with van der Waals surface area (Å²) in [5.74, 6) is -7.48. The first-order valence-corrected chi connectivity index (χ1v) is 15.8. The highest BCUT2D eigenvalue weighted by Gasteiger charge is 2.54. The van der Waals surface area contributed by atoms with E-state index in [2.05, 4.69) is 21.1 Å². The Labute approximate surface area is 291 Å². The van der Waals surface area contributed by atoms with Crippen molar-refractivity contribution >= 4 is 41.1 Å². The van der Waals surface area contributed by atoms with E-state index < -0.39 is 71.4 Å². The van der Waals surface area contributed by atoms with Crippen LogP contribution >= 0.6 is 0 Å². The number of hydrogen-bond donors (Lipinski definition) is 4. The largest absolute Gasteiger partial charge is 0.496 e. The number of methoxy groups -OCH3 is 1. The van der Waals surface area contributed by atoms with Gasteiger partial charge in [0.1, 0.15) is 30.1 Å².